The second-order valence-electron chi connectivity index (χ2n) is 4.75. The van der Waals surface area contributed by atoms with Crippen molar-refractivity contribution in [2.24, 2.45) is 5.41 Å². The molecule has 0 aliphatic heterocycles. The number of carbonyl (C=O) groups is 1. The first kappa shape index (κ1) is 12.1. The highest BCUT2D eigenvalue weighted by Gasteiger charge is 2.49. The van der Waals surface area contributed by atoms with Crippen LogP contribution in [0.3, 0.4) is 0 Å². The zero-order chi connectivity index (χ0) is 12.3. The average molecular weight is 234 g/mol. The smallest absolute Gasteiger partial charge is 0.315 e. The van der Waals surface area contributed by atoms with E-state index in [1.54, 1.807) is 6.92 Å². The molecular formula is C14H18O3. The van der Waals surface area contributed by atoms with Crippen LogP contribution in [0.2, 0.25) is 0 Å². The quantitative estimate of drug-likeness (QED) is 0.813. The number of carbonyl (C=O) groups excluding carboxylic acids is 1. The first-order chi connectivity index (χ1) is 8.15. The lowest BCUT2D eigenvalue weighted by atomic mass is 9.65. The highest BCUT2D eigenvalue weighted by molar-refractivity contribution is 5.78. The third kappa shape index (κ3) is 2.34. The molecule has 0 bridgehead atoms. The normalized spacial score (nSPS) is 19.2. The molecule has 17 heavy (non-hydrogen) atoms. The minimum atomic E-state index is -0.644. The third-order valence-electron chi connectivity index (χ3n) is 3.66. The molecule has 0 radical (unpaired) electrons. The van der Waals surface area contributed by atoms with E-state index in [0.717, 1.165) is 24.8 Å². The van der Waals surface area contributed by atoms with Crippen LogP contribution in [0.25, 0.3) is 0 Å². The Hall–Kier alpha value is -1.35. The highest BCUT2D eigenvalue weighted by atomic mass is 16.5. The van der Waals surface area contributed by atoms with Crippen molar-refractivity contribution in [2.45, 2.75) is 38.9 Å². The molecule has 0 heterocycles. The van der Waals surface area contributed by atoms with E-state index < -0.39 is 11.5 Å². The topological polar surface area (TPSA) is 46.5 Å². The zero-order valence-corrected chi connectivity index (χ0v) is 10.1. The van der Waals surface area contributed by atoms with Crippen molar-refractivity contribution in [3.63, 3.8) is 0 Å². The summed E-state index contributed by atoms with van der Waals surface area (Å²) in [6.45, 7) is 1.96. The van der Waals surface area contributed by atoms with Gasteiger partial charge in [-0.3, -0.25) is 4.79 Å². The van der Waals surface area contributed by atoms with Crippen molar-refractivity contribution in [1.29, 1.82) is 0 Å². The molecule has 1 unspecified atom stereocenters. The summed E-state index contributed by atoms with van der Waals surface area (Å²) in [6, 6.07) is 9.59. The molecule has 1 atom stereocenters. The highest BCUT2D eigenvalue weighted by Crippen LogP contribution is 2.45. The van der Waals surface area contributed by atoms with Gasteiger partial charge in [-0.05, 0) is 25.3 Å². The third-order valence-corrected chi connectivity index (χ3v) is 3.66. The van der Waals surface area contributed by atoms with Crippen LogP contribution >= 0.6 is 0 Å². The molecule has 1 aliphatic rings. The fourth-order valence-corrected chi connectivity index (χ4v) is 2.22. The van der Waals surface area contributed by atoms with Gasteiger partial charge in [-0.1, -0.05) is 36.8 Å². The summed E-state index contributed by atoms with van der Waals surface area (Å²) in [6.07, 6.45) is 1.83. The molecule has 0 amide bonds. The summed E-state index contributed by atoms with van der Waals surface area (Å²) in [4.78, 5) is 12.0. The summed E-state index contributed by atoms with van der Waals surface area (Å²) < 4.78 is 5.30. The van der Waals surface area contributed by atoms with Crippen molar-refractivity contribution in [3.05, 3.63) is 35.9 Å². The molecule has 92 valence electrons. The fourth-order valence-electron chi connectivity index (χ4n) is 2.22. The Kier molecular flexibility index (Phi) is 3.48. The molecule has 1 aromatic rings. The van der Waals surface area contributed by atoms with E-state index in [4.69, 9.17) is 4.74 Å². The summed E-state index contributed by atoms with van der Waals surface area (Å²) in [5.74, 6) is -0.261. The monoisotopic (exact) mass is 234 g/mol. The van der Waals surface area contributed by atoms with Gasteiger partial charge in [-0.2, -0.15) is 0 Å². The van der Waals surface area contributed by atoms with Crippen LogP contribution in [-0.2, 0) is 16.1 Å². The number of hydrogen-bond acceptors (Lipinski definition) is 3. The maximum atomic E-state index is 12.0. The summed E-state index contributed by atoms with van der Waals surface area (Å²) in [5.41, 5.74) is 0.329. The number of rotatable bonds is 4. The Morgan fingerprint density at radius 2 is 2.06 bits per heavy atom. The van der Waals surface area contributed by atoms with Gasteiger partial charge in [0.25, 0.3) is 0 Å². The molecular weight excluding hydrogens is 216 g/mol. The molecule has 1 aromatic carbocycles. The predicted molar refractivity (Wildman–Crippen MR) is 64.2 cm³/mol. The Balaban J connectivity index is 1.93. The summed E-state index contributed by atoms with van der Waals surface area (Å²) in [5, 5.41) is 9.69. The number of ether oxygens (including phenoxy) is 1. The van der Waals surface area contributed by atoms with Crippen LogP contribution in [0.5, 0.6) is 0 Å². The van der Waals surface area contributed by atoms with Gasteiger partial charge in [-0.15, -0.1) is 0 Å². The van der Waals surface area contributed by atoms with E-state index in [9.17, 15) is 9.90 Å². The van der Waals surface area contributed by atoms with Crippen LogP contribution in [-0.4, -0.2) is 17.2 Å². The van der Waals surface area contributed by atoms with Gasteiger partial charge in [0.2, 0.25) is 0 Å². The van der Waals surface area contributed by atoms with E-state index in [0.29, 0.717) is 0 Å². The van der Waals surface area contributed by atoms with E-state index in [-0.39, 0.29) is 12.6 Å². The van der Waals surface area contributed by atoms with Crippen molar-refractivity contribution >= 4 is 5.97 Å². The molecule has 0 spiro atoms. The number of aliphatic hydroxyl groups is 1. The molecule has 3 heteroatoms. The Labute approximate surface area is 101 Å². The fraction of sp³-hybridized carbons (Fsp3) is 0.500. The van der Waals surface area contributed by atoms with Gasteiger partial charge in [0.1, 0.15) is 6.61 Å². The summed E-state index contributed by atoms with van der Waals surface area (Å²) >= 11 is 0. The first-order valence-electron chi connectivity index (χ1n) is 6.04. The Morgan fingerprint density at radius 3 is 2.53 bits per heavy atom. The number of benzene rings is 1. The van der Waals surface area contributed by atoms with Gasteiger partial charge in [-0.25, -0.2) is 0 Å². The van der Waals surface area contributed by atoms with Gasteiger partial charge < -0.3 is 9.84 Å². The minimum absolute atomic E-state index is 0.261. The van der Waals surface area contributed by atoms with Crippen LogP contribution in [0.1, 0.15) is 31.7 Å². The van der Waals surface area contributed by atoms with Gasteiger partial charge in [0.05, 0.1) is 11.5 Å². The van der Waals surface area contributed by atoms with E-state index in [1.165, 1.54) is 0 Å². The largest absolute Gasteiger partial charge is 0.460 e. The van der Waals surface area contributed by atoms with E-state index >= 15 is 0 Å². The maximum absolute atomic E-state index is 12.0. The average Bonchev–Trinajstić information content (AvgIpc) is 2.25. The number of hydrogen-bond donors (Lipinski definition) is 1. The molecule has 0 saturated heterocycles. The van der Waals surface area contributed by atoms with Crippen molar-refractivity contribution < 1.29 is 14.6 Å². The molecule has 1 N–H and O–H groups in total. The lowest BCUT2D eigenvalue weighted by Crippen LogP contribution is -2.47. The molecule has 2 rings (SSSR count). The van der Waals surface area contributed by atoms with Gasteiger partial charge in [0.15, 0.2) is 0 Å². The maximum Gasteiger partial charge on any atom is 0.315 e. The Bertz CT molecular complexity index is 380. The first-order valence-corrected chi connectivity index (χ1v) is 6.04. The zero-order valence-electron chi connectivity index (χ0n) is 10.1. The van der Waals surface area contributed by atoms with E-state index in [2.05, 4.69) is 0 Å². The lowest BCUT2D eigenvalue weighted by Gasteiger charge is -2.41. The molecule has 1 fully saturated rings. The molecule has 1 aliphatic carbocycles. The molecule has 3 nitrogen and oxygen atoms in total. The van der Waals surface area contributed by atoms with Crippen molar-refractivity contribution in [3.8, 4) is 0 Å². The van der Waals surface area contributed by atoms with Crippen LogP contribution in [0, 0.1) is 5.41 Å². The second kappa shape index (κ2) is 4.88. The van der Waals surface area contributed by atoms with Crippen molar-refractivity contribution in [2.75, 3.05) is 0 Å². The van der Waals surface area contributed by atoms with Crippen LogP contribution in [0.4, 0.5) is 0 Å². The lowest BCUT2D eigenvalue weighted by molar-refractivity contribution is -0.172. The predicted octanol–water partition coefficient (Wildman–Crippen LogP) is 2.28. The van der Waals surface area contributed by atoms with Gasteiger partial charge >= 0.3 is 5.97 Å². The number of aliphatic hydroxyl groups excluding tert-OH is 1. The van der Waals surface area contributed by atoms with E-state index in [1.807, 2.05) is 30.3 Å². The molecule has 1 saturated carbocycles. The summed E-state index contributed by atoms with van der Waals surface area (Å²) in [7, 11) is 0. The van der Waals surface area contributed by atoms with Crippen LogP contribution < -0.4 is 0 Å². The SMILES string of the molecule is CC(O)C1(C(=O)OCc2ccccc2)CCC1. The van der Waals surface area contributed by atoms with Crippen LogP contribution in [0.15, 0.2) is 30.3 Å². The van der Waals surface area contributed by atoms with Crippen molar-refractivity contribution in [1.82, 2.24) is 0 Å². The second-order valence-corrected chi connectivity index (χ2v) is 4.75. The standard InChI is InChI=1S/C14H18O3/c1-11(15)14(8-5-9-14)13(16)17-10-12-6-3-2-4-7-12/h2-4,6-7,11,15H,5,8-10H2,1H3. The Morgan fingerprint density at radius 1 is 1.41 bits per heavy atom. The van der Waals surface area contributed by atoms with Gasteiger partial charge in [0, 0.05) is 0 Å². The molecule has 0 aromatic heterocycles. The number of esters is 1. The minimum Gasteiger partial charge on any atom is -0.460 e.